The Balaban J connectivity index is 1.86. The highest BCUT2D eigenvalue weighted by atomic mass is 16.6. The second kappa shape index (κ2) is 8.55. The van der Waals surface area contributed by atoms with Gasteiger partial charge in [0.15, 0.2) is 0 Å². The summed E-state index contributed by atoms with van der Waals surface area (Å²) in [4.78, 5) is 23.0. The Labute approximate surface area is 144 Å². The molecular formula is C17H18N2O6. The lowest BCUT2D eigenvalue weighted by molar-refractivity contribution is -0.139. The van der Waals surface area contributed by atoms with Gasteiger partial charge in [-0.25, -0.2) is 10.2 Å². The lowest BCUT2D eigenvalue weighted by Crippen LogP contribution is -2.43. The Morgan fingerprint density at radius 1 is 1.08 bits per heavy atom. The molecule has 1 amide bonds. The molecule has 4 N–H and O–H groups in total. The highest BCUT2D eigenvalue weighted by molar-refractivity contribution is 5.76. The molecule has 132 valence electrons. The molecule has 0 aliphatic carbocycles. The molecular weight excluding hydrogens is 328 g/mol. The zero-order chi connectivity index (χ0) is 18.2. The molecule has 0 bridgehead atoms. The minimum Gasteiger partial charge on any atom is -0.508 e. The van der Waals surface area contributed by atoms with Crippen molar-refractivity contribution in [2.75, 3.05) is 7.11 Å². The van der Waals surface area contributed by atoms with E-state index in [0.717, 1.165) is 5.56 Å². The summed E-state index contributed by atoms with van der Waals surface area (Å²) in [6.45, 7) is 0.0223. The molecule has 0 aromatic heterocycles. The van der Waals surface area contributed by atoms with Gasteiger partial charge in [0.1, 0.15) is 24.1 Å². The zero-order valence-corrected chi connectivity index (χ0v) is 13.4. The van der Waals surface area contributed by atoms with Crippen molar-refractivity contribution in [3.63, 3.8) is 0 Å². The second-order valence-electron chi connectivity index (χ2n) is 5.06. The van der Waals surface area contributed by atoms with Gasteiger partial charge in [-0.15, -0.1) is 0 Å². The number of hydrazine groups is 1. The van der Waals surface area contributed by atoms with Gasteiger partial charge < -0.3 is 19.7 Å². The van der Waals surface area contributed by atoms with Crippen molar-refractivity contribution < 1.29 is 29.3 Å². The van der Waals surface area contributed by atoms with Crippen LogP contribution in [-0.4, -0.2) is 29.4 Å². The molecule has 0 heterocycles. The van der Waals surface area contributed by atoms with Gasteiger partial charge in [-0.05, 0) is 35.4 Å². The van der Waals surface area contributed by atoms with Crippen molar-refractivity contribution in [2.24, 2.45) is 0 Å². The minimum absolute atomic E-state index is 0.0137. The third-order valence-electron chi connectivity index (χ3n) is 3.32. The number of amides is 1. The number of nitrogens with one attached hydrogen (secondary N) is 2. The molecule has 0 aliphatic heterocycles. The first-order chi connectivity index (χ1) is 12.0. The Bertz CT molecular complexity index is 715. The van der Waals surface area contributed by atoms with E-state index in [1.807, 2.05) is 0 Å². The number of phenolic OH excluding ortho intramolecular Hbond substituents is 1. The van der Waals surface area contributed by atoms with Crippen LogP contribution in [0, 0.1) is 0 Å². The van der Waals surface area contributed by atoms with E-state index in [-0.39, 0.29) is 12.4 Å². The maximum atomic E-state index is 11.7. The van der Waals surface area contributed by atoms with E-state index in [1.54, 1.807) is 31.4 Å². The first-order valence-electron chi connectivity index (χ1n) is 7.32. The standard InChI is InChI=1S/C17H18N2O6/c1-24-14-8-2-11(3-9-14)10-25-17(23)19-18-15(16(21)22)12-4-6-13(20)7-5-12/h2-9,15,18,20H,10H2,1H3,(H,19,23)(H,21,22)/t15-/m1/s1. The number of benzene rings is 2. The predicted octanol–water partition coefficient (Wildman–Crippen LogP) is 1.96. The van der Waals surface area contributed by atoms with Crippen LogP contribution in [0.1, 0.15) is 17.2 Å². The SMILES string of the molecule is COc1ccc(COC(=O)NN[C@@H](C(=O)O)c2ccc(O)cc2)cc1. The lowest BCUT2D eigenvalue weighted by Gasteiger charge is -2.15. The fraction of sp³-hybridized carbons (Fsp3) is 0.176. The molecule has 2 aromatic rings. The number of hydrogen-bond donors (Lipinski definition) is 4. The van der Waals surface area contributed by atoms with E-state index < -0.39 is 18.1 Å². The molecule has 8 heteroatoms. The highest BCUT2D eigenvalue weighted by Gasteiger charge is 2.20. The van der Waals surface area contributed by atoms with Crippen molar-refractivity contribution in [1.82, 2.24) is 10.9 Å². The molecule has 0 spiro atoms. The van der Waals surface area contributed by atoms with E-state index in [1.165, 1.54) is 24.3 Å². The summed E-state index contributed by atoms with van der Waals surface area (Å²) >= 11 is 0. The normalized spacial score (nSPS) is 11.4. The van der Waals surface area contributed by atoms with Crippen LogP contribution in [0.15, 0.2) is 48.5 Å². The van der Waals surface area contributed by atoms with Crippen molar-refractivity contribution in [2.45, 2.75) is 12.6 Å². The topological polar surface area (TPSA) is 117 Å². The average molecular weight is 346 g/mol. The number of rotatable bonds is 7. The smallest absolute Gasteiger partial charge is 0.421 e. The molecule has 2 aromatic carbocycles. The third kappa shape index (κ3) is 5.40. The number of carbonyl (C=O) groups excluding carboxylic acids is 1. The molecule has 2 rings (SSSR count). The van der Waals surface area contributed by atoms with Gasteiger partial charge in [0, 0.05) is 0 Å². The number of aromatic hydroxyl groups is 1. The first kappa shape index (κ1) is 18.1. The quantitative estimate of drug-likeness (QED) is 0.566. The summed E-state index contributed by atoms with van der Waals surface area (Å²) in [6.07, 6.45) is -0.819. The van der Waals surface area contributed by atoms with Crippen LogP contribution in [0.3, 0.4) is 0 Å². The molecule has 0 saturated heterocycles. The number of carboxylic acids is 1. The summed E-state index contributed by atoms with van der Waals surface area (Å²) in [5.41, 5.74) is 5.69. The Morgan fingerprint density at radius 2 is 1.72 bits per heavy atom. The van der Waals surface area contributed by atoms with Gasteiger partial charge >= 0.3 is 12.1 Å². The number of aliphatic carboxylic acids is 1. The maximum absolute atomic E-state index is 11.7. The minimum atomic E-state index is -1.19. The van der Waals surface area contributed by atoms with Gasteiger partial charge in [-0.3, -0.25) is 10.2 Å². The number of methoxy groups -OCH3 is 1. The molecule has 1 atom stereocenters. The molecule has 8 nitrogen and oxygen atoms in total. The van der Waals surface area contributed by atoms with Crippen molar-refractivity contribution in [3.05, 3.63) is 59.7 Å². The number of carboxylic acid groups (broad SMARTS) is 1. The number of hydrogen-bond acceptors (Lipinski definition) is 6. The number of phenols is 1. The highest BCUT2D eigenvalue weighted by Crippen LogP contribution is 2.16. The number of ether oxygens (including phenoxy) is 2. The lowest BCUT2D eigenvalue weighted by atomic mass is 10.1. The summed E-state index contributed by atoms with van der Waals surface area (Å²) in [5, 5.41) is 18.5. The van der Waals surface area contributed by atoms with E-state index in [2.05, 4.69) is 10.9 Å². The van der Waals surface area contributed by atoms with Gasteiger partial charge in [-0.1, -0.05) is 24.3 Å². The first-order valence-corrected chi connectivity index (χ1v) is 7.32. The maximum Gasteiger partial charge on any atom is 0.421 e. The molecule has 0 radical (unpaired) electrons. The monoisotopic (exact) mass is 346 g/mol. The van der Waals surface area contributed by atoms with Crippen molar-refractivity contribution in [1.29, 1.82) is 0 Å². The largest absolute Gasteiger partial charge is 0.508 e. The van der Waals surface area contributed by atoms with Crippen LogP contribution < -0.4 is 15.6 Å². The molecule has 0 unspecified atom stereocenters. The van der Waals surface area contributed by atoms with E-state index in [4.69, 9.17) is 9.47 Å². The van der Waals surface area contributed by atoms with E-state index in [0.29, 0.717) is 11.3 Å². The molecule has 25 heavy (non-hydrogen) atoms. The molecule has 0 aliphatic rings. The summed E-state index contributed by atoms with van der Waals surface area (Å²) in [6, 6.07) is 11.4. The van der Waals surface area contributed by atoms with Gasteiger partial charge in [0.25, 0.3) is 0 Å². The van der Waals surface area contributed by atoms with Crippen LogP contribution in [0.4, 0.5) is 4.79 Å². The average Bonchev–Trinajstić information content (AvgIpc) is 2.61. The Morgan fingerprint density at radius 3 is 2.28 bits per heavy atom. The van der Waals surface area contributed by atoms with Gasteiger partial charge in [0.2, 0.25) is 0 Å². The Hall–Kier alpha value is -3.26. The van der Waals surface area contributed by atoms with Crippen molar-refractivity contribution in [3.8, 4) is 11.5 Å². The van der Waals surface area contributed by atoms with Crippen LogP contribution in [0.25, 0.3) is 0 Å². The zero-order valence-electron chi connectivity index (χ0n) is 13.4. The van der Waals surface area contributed by atoms with Crippen LogP contribution in [-0.2, 0) is 16.1 Å². The second-order valence-corrected chi connectivity index (χ2v) is 5.06. The van der Waals surface area contributed by atoms with Gasteiger partial charge in [-0.2, -0.15) is 0 Å². The van der Waals surface area contributed by atoms with Crippen LogP contribution >= 0.6 is 0 Å². The summed E-state index contributed by atoms with van der Waals surface area (Å²) in [5.74, 6) is -0.492. The van der Waals surface area contributed by atoms with E-state index in [9.17, 15) is 19.8 Å². The fourth-order valence-electron chi connectivity index (χ4n) is 1.99. The predicted molar refractivity (Wildman–Crippen MR) is 87.9 cm³/mol. The number of carbonyl (C=O) groups is 2. The Kier molecular flexibility index (Phi) is 6.19. The van der Waals surface area contributed by atoms with Gasteiger partial charge in [0.05, 0.1) is 7.11 Å². The third-order valence-corrected chi connectivity index (χ3v) is 3.32. The summed E-state index contributed by atoms with van der Waals surface area (Å²) in [7, 11) is 1.55. The van der Waals surface area contributed by atoms with Crippen LogP contribution in [0.5, 0.6) is 11.5 Å². The molecule has 0 saturated carbocycles. The van der Waals surface area contributed by atoms with E-state index >= 15 is 0 Å². The summed E-state index contributed by atoms with van der Waals surface area (Å²) < 4.78 is 10.0. The fourth-order valence-corrected chi connectivity index (χ4v) is 1.99. The van der Waals surface area contributed by atoms with Crippen LogP contribution in [0.2, 0.25) is 0 Å². The molecule has 0 fully saturated rings. The van der Waals surface area contributed by atoms with Crippen molar-refractivity contribution >= 4 is 12.1 Å².